The summed E-state index contributed by atoms with van der Waals surface area (Å²) in [5, 5.41) is 11.5. The molecule has 0 heterocycles. The van der Waals surface area contributed by atoms with Crippen molar-refractivity contribution in [1.82, 2.24) is 5.32 Å². The third-order valence-electron chi connectivity index (χ3n) is 0.878. The summed E-state index contributed by atoms with van der Waals surface area (Å²) in [5.74, 6) is 0.824. The second kappa shape index (κ2) is 5.41. The Balaban J connectivity index is 2.86. The van der Waals surface area contributed by atoms with Crippen molar-refractivity contribution in [2.75, 3.05) is 18.9 Å². The highest BCUT2D eigenvalue weighted by molar-refractivity contribution is 7.80. The lowest BCUT2D eigenvalue weighted by atomic mass is 10.4. The molecule has 3 heteroatoms. The molecule has 0 aliphatic heterocycles. The van der Waals surface area contributed by atoms with E-state index in [9.17, 15) is 0 Å². The molecule has 0 fully saturated rings. The van der Waals surface area contributed by atoms with Crippen molar-refractivity contribution in [3.63, 3.8) is 0 Å². The fourth-order valence-corrected chi connectivity index (χ4v) is 0.505. The van der Waals surface area contributed by atoms with Gasteiger partial charge in [0.1, 0.15) is 0 Å². The van der Waals surface area contributed by atoms with Crippen LogP contribution in [0, 0.1) is 0 Å². The van der Waals surface area contributed by atoms with Crippen molar-refractivity contribution in [3.8, 4) is 0 Å². The Morgan fingerprint density at radius 1 is 1.75 bits per heavy atom. The summed E-state index contributed by atoms with van der Waals surface area (Å²) in [6.45, 7) is 3.00. The van der Waals surface area contributed by atoms with Gasteiger partial charge in [0.05, 0.1) is 6.61 Å². The minimum atomic E-state index is 0.202. The first kappa shape index (κ1) is 8.27. The highest BCUT2D eigenvalue weighted by Crippen LogP contribution is 1.76. The van der Waals surface area contributed by atoms with Crippen LogP contribution in [0.4, 0.5) is 0 Å². The summed E-state index contributed by atoms with van der Waals surface area (Å²) < 4.78 is 0. The molecule has 0 saturated heterocycles. The Bertz CT molecular complexity index is 51.7. The van der Waals surface area contributed by atoms with Gasteiger partial charge in [-0.15, -0.1) is 0 Å². The number of rotatable bonds is 4. The van der Waals surface area contributed by atoms with Crippen LogP contribution in [0.1, 0.15) is 6.92 Å². The van der Waals surface area contributed by atoms with Crippen LogP contribution in [0.3, 0.4) is 0 Å². The zero-order valence-corrected chi connectivity index (χ0v) is 5.99. The van der Waals surface area contributed by atoms with Crippen molar-refractivity contribution in [2.24, 2.45) is 0 Å². The molecule has 2 nitrogen and oxygen atoms in total. The maximum Gasteiger partial charge on any atom is 0.0581 e. The largest absolute Gasteiger partial charge is 0.395 e. The second-order valence-corrected chi connectivity index (χ2v) is 2.21. The van der Waals surface area contributed by atoms with E-state index in [0.717, 1.165) is 12.3 Å². The van der Waals surface area contributed by atoms with Crippen LogP contribution in [0.15, 0.2) is 0 Å². The van der Waals surface area contributed by atoms with E-state index < -0.39 is 0 Å². The van der Waals surface area contributed by atoms with E-state index in [1.54, 1.807) is 0 Å². The van der Waals surface area contributed by atoms with Crippen LogP contribution in [-0.2, 0) is 0 Å². The smallest absolute Gasteiger partial charge is 0.0581 e. The van der Waals surface area contributed by atoms with Crippen molar-refractivity contribution in [2.45, 2.75) is 13.0 Å². The van der Waals surface area contributed by atoms with Gasteiger partial charge in [-0.1, -0.05) is 0 Å². The standard InChI is InChI=1S/C5H13NOS/c1-5(4-7)6-2-3-8/h5-8H,2-4H2,1H3. The molecule has 1 atom stereocenters. The molecule has 50 valence electrons. The van der Waals surface area contributed by atoms with Gasteiger partial charge >= 0.3 is 0 Å². The van der Waals surface area contributed by atoms with Gasteiger partial charge in [-0.2, -0.15) is 12.6 Å². The Kier molecular flexibility index (Phi) is 5.59. The van der Waals surface area contributed by atoms with E-state index >= 15 is 0 Å². The van der Waals surface area contributed by atoms with E-state index in [-0.39, 0.29) is 12.6 Å². The van der Waals surface area contributed by atoms with Crippen molar-refractivity contribution >= 4 is 12.6 Å². The van der Waals surface area contributed by atoms with E-state index in [0.29, 0.717) is 0 Å². The quantitative estimate of drug-likeness (QED) is 0.470. The molecule has 0 saturated carbocycles. The molecule has 0 aliphatic rings. The van der Waals surface area contributed by atoms with E-state index in [1.165, 1.54) is 0 Å². The fourth-order valence-electron chi connectivity index (χ4n) is 0.375. The van der Waals surface area contributed by atoms with Crippen LogP contribution < -0.4 is 5.32 Å². The normalized spacial score (nSPS) is 13.9. The number of hydrogen-bond acceptors (Lipinski definition) is 3. The predicted molar refractivity (Wildman–Crippen MR) is 38.4 cm³/mol. The molecule has 0 aromatic rings. The van der Waals surface area contributed by atoms with Gasteiger partial charge in [0, 0.05) is 18.3 Å². The van der Waals surface area contributed by atoms with Gasteiger partial charge in [0.15, 0.2) is 0 Å². The van der Waals surface area contributed by atoms with E-state index in [1.807, 2.05) is 6.92 Å². The summed E-state index contributed by atoms with van der Waals surface area (Å²) >= 11 is 3.99. The first-order valence-electron chi connectivity index (χ1n) is 2.76. The number of thiol groups is 1. The second-order valence-electron chi connectivity index (χ2n) is 1.76. The summed E-state index contributed by atoms with van der Waals surface area (Å²) in [5.41, 5.74) is 0. The molecule has 0 amide bonds. The Hall–Kier alpha value is 0.270. The average molecular weight is 135 g/mol. The van der Waals surface area contributed by atoms with Crippen LogP contribution >= 0.6 is 12.6 Å². The molecule has 8 heavy (non-hydrogen) atoms. The van der Waals surface area contributed by atoms with Crippen molar-refractivity contribution < 1.29 is 5.11 Å². The first-order chi connectivity index (χ1) is 3.81. The SMILES string of the molecule is CC(CO)NCCS. The lowest BCUT2D eigenvalue weighted by Crippen LogP contribution is -2.30. The molecule has 0 radical (unpaired) electrons. The highest BCUT2D eigenvalue weighted by atomic mass is 32.1. The van der Waals surface area contributed by atoms with Gasteiger partial charge in [-0.25, -0.2) is 0 Å². The lowest BCUT2D eigenvalue weighted by Gasteiger charge is -2.07. The Labute approximate surface area is 55.7 Å². The van der Waals surface area contributed by atoms with Crippen LogP contribution in [0.5, 0.6) is 0 Å². The van der Waals surface area contributed by atoms with Gasteiger partial charge in [0.2, 0.25) is 0 Å². The van der Waals surface area contributed by atoms with E-state index in [4.69, 9.17) is 5.11 Å². The zero-order valence-electron chi connectivity index (χ0n) is 5.09. The summed E-state index contributed by atoms with van der Waals surface area (Å²) in [4.78, 5) is 0. The minimum absolute atomic E-state index is 0.202. The molecular weight excluding hydrogens is 122 g/mol. The fraction of sp³-hybridized carbons (Fsp3) is 1.00. The van der Waals surface area contributed by atoms with Gasteiger partial charge < -0.3 is 10.4 Å². The highest BCUT2D eigenvalue weighted by Gasteiger charge is 1.93. The molecule has 0 aromatic heterocycles. The monoisotopic (exact) mass is 135 g/mol. The molecule has 0 aliphatic carbocycles. The minimum Gasteiger partial charge on any atom is -0.395 e. The summed E-state index contributed by atoms with van der Waals surface area (Å²) in [6, 6.07) is 0.210. The van der Waals surface area contributed by atoms with Crippen LogP contribution in [0.2, 0.25) is 0 Å². The first-order valence-corrected chi connectivity index (χ1v) is 3.39. The maximum absolute atomic E-state index is 8.47. The third kappa shape index (κ3) is 4.43. The molecule has 2 N–H and O–H groups in total. The summed E-state index contributed by atoms with van der Waals surface area (Å²) in [6.07, 6.45) is 0. The van der Waals surface area contributed by atoms with Gasteiger partial charge in [0.25, 0.3) is 0 Å². The van der Waals surface area contributed by atoms with E-state index in [2.05, 4.69) is 17.9 Å². The topological polar surface area (TPSA) is 32.3 Å². The molecule has 1 unspecified atom stereocenters. The molecule has 0 rings (SSSR count). The Morgan fingerprint density at radius 3 is 2.75 bits per heavy atom. The molecule has 0 bridgehead atoms. The molecular formula is C5H13NOS. The number of aliphatic hydroxyl groups excluding tert-OH is 1. The average Bonchev–Trinajstić information content (AvgIpc) is 1.83. The number of aliphatic hydroxyl groups is 1. The number of hydrogen-bond donors (Lipinski definition) is 3. The predicted octanol–water partition coefficient (Wildman–Crippen LogP) is -0.113. The number of nitrogens with one attached hydrogen (secondary N) is 1. The lowest BCUT2D eigenvalue weighted by molar-refractivity contribution is 0.254. The molecule has 0 aromatic carbocycles. The molecule has 0 spiro atoms. The van der Waals surface area contributed by atoms with Gasteiger partial charge in [-0.3, -0.25) is 0 Å². The maximum atomic E-state index is 8.47. The third-order valence-corrected chi connectivity index (χ3v) is 1.10. The van der Waals surface area contributed by atoms with Crippen molar-refractivity contribution in [1.29, 1.82) is 0 Å². The Morgan fingerprint density at radius 2 is 2.38 bits per heavy atom. The zero-order chi connectivity index (χ0) is 6.41. The van der Waals surface area contributed by atoms with Crippen molar-refractivity contribution in [3.05, 3.63) is 0 Å². The summed E-state index contributed by atoms with van der Waals surface area (Å²) in [7, 11) is 0. The van der Waals surface area contributed by atoms with Crippen LogP contribution in [0.25, 0.3) is 0 Å². The van der Waals surface area contributed by atoms with Crippen LogP contribution in [-0.4, -0.2) is 30.1 Å². The van der Waals surface area contributed by atoms with Gasteiger partial charge in [-0.05, 0) is 6.92 Å².